The number of carbonyl (C=O) groups is 1. The van der Waals surface area contributed by atoms with Crippen LogP contribution in [0.4, 0.5) is 5.69 Å². The fourth-order valence-electron chi connectivity index (χ4n) is 2.71. The summed E-state index contributed by atoms with van der Waals surface area (Å²) in [5.74, 6) is 0.630. The summed E-state index contributed by atoms with van der Waals surface area (Å²) < 4.78 is 7.06. The van der Waals surface area contributed by atoms with E-state index in [9.17, 15) is 4.79 Å². The highest BCUT2D eigenvalue weighted by Crippen LogP contribution is 2.17. The molecule has 0 fully saturated rings. The van der Waals surface area contributed by atoms with Crippen molar-refractivity contribution in [3.63, 3.8) is 0 Å². The number of ether oxygens (including phenoxy) is 1. The molecule has 0 radical (unpaired) electrons. The summed E-state index contributed by atoms with van der Waals surface area (Å²) in [6.45, 7) is 3.62. The van der Waals surface area contributed by atoms with Crippen LogP contribution in [0.3, 0.4) is 0 Å². The second-order valence-electron chi connectivity index (χ2n) is 5.93. The highest BCUT2D eigenvalue weighted by atomic mass is 35.5. The number of imidazole rings is 1. The number of methoxy groups -OCH3 is 1. The maximum absolute atomic E-state index is 12.4. The fourth-order valence-corrected chi connectivity index (χ4v) is 2.87. The lowest BCUT2D eigenvalue weighted by Crippen LogP contribution is -2.32. The zero-order valence-electron chi connectivity index (χ0n) is 14.8. The maximum atomic E-state index is 12.4. The number of likely N-dealkylation sites (N-methyl/N-ethyl adjacent to an activating group) is 1. The molecule has 6 nitrogen and oxygen atoms in total. The van der Waals surface area contributed by atoms with Crippen LogP contribution in [0.25, 0.3) is 5.65 Å². The minimum atomic E-state index is -0.0769. The van der Waals surface area contributed by atoms with Crippen LogP contribution in [0.2, 0.25) is 5.02 Å². The van der Waals surface area contributed by atoms with Gasteiger partial charge in [-0.3, -0.25) is 9.69 Å². The van der Waals surface area contributed by atoms with Crippen molar-refractivity contribution in [2.45, 2.75) is 13.5 Å². The fraction of sp³-hybridized carbons (Fsp3) is 0.263. The van der Waals surface area contributed by atoms with E-state index in [2.05, 4.69) is 10.3 Å². The molecule has 136 valence electrons. The molecule has 7 heteroatoms. The average Bonchev–Trinajstić information content (AvgIpc) is 3.02. The summed E-state index contributed by atoms with van der Waals surface area (Å²) in [7, 11) is 1.60. The van der Waals surface area contributed by atoms with Crippen LogP contribution in [-0.4, -0.2) is 40.4 Å². The topological polar surface area (TPSA) is 58.9 Å². The van der Waals surface area contributed by atoms with Crippen molar-refractivity contribution in [3.8, 4) is 5.75 Å². The van der Waals surface area contributed by atoms with Gasteiger partial charge in [-0.25, -0.2) is 4.98 Å². The maximum Gasteiger partial charge on any atom is 0.238 e. The Morgan fingerprint density at radius 2 is 2.15 bits per heavy atom. The van der Waals surface area contributed by atoms with Gasteiger partial charge in [0.1, 0.15) is 11.4 Å². The van der Waals surface area contributed by atoms with Crippen LogP contribution in [-0.2, 0) is 11.3 Å². The van der Waals surface area contributed by atoms with E-state index in [-0.39, 0.29) is 12.5 Å². The molecule has 3 rings (SSSR count). The van der Waals surface area contributed by atoms with E-state index < -0.39 is 0 Å². The SMILES string of the molecule is CCN(CC(=O)Nc1cccc(OC)c1)Cc1cn2cc(Cl)ccc2n1. The minimum Gasteiger partial charge on any atom is -0.497 e. The molecule has 0 saturated carbocycles. The van der Waals surface area contributed by atoms with Gasteiger partial charge in [-0.05, 0) is 30.8 Å². The van der Waals surface area contributed by atoms with Gasteiger partial charge in [-0.15, -0.1) is 0 Å². The van der Waals surface area contributed by atoms with E-state index in [0.717, 1.165) is 17.9 Å². The lowest BCUT2D eigenvalue weighted by Gasteiger charge is -2.18. The number of benzene rings is 1. The molecule has 26 heavy (non-hydrogen) atoms. The number of fused-ring (bicyclic) bond motifs is 1. The molecule has 0 spiro atoms. The Kier molecular flexibility index (Phi) is 5.75. The summed E-state index contributed by atoms with van der Waals surface area (Å²) in [4.78, 5) is 18.9. The van der Waals surface area contributed by atoms with Crippen molar-refractivity contribution in [2.24, 2.45) is 0 Å². The van der Waals surface area contributed by atoms with Gasteiger partial charge < -0.3 is 14.5 Å². The molecule has 0 bridgehead atoms. The summed E-state index contributed by atoms with van der Waals surface area (Å²) in [6.07, 6.45) is 3.75. The number of amides is 1. The molecule has 3 aromatic rings. The van der Waals surface area contributed by atoms with Crippen LogP contribution < -0.4 is 10.1 Å². The van der Waals surface area contributed by atoms with Crippen molar-refractivity contribution >= 4 is 28.8 Å². The molecular formula is C19H21ClN4O2. The minimum absolute atomic E-state index is 0.0769. The van der Waals surface area contributed by atoms with Gasteiger partial charge >= 0.3 is 0 Å². The van der Waals surface area contributed by atoms with Gasteiger partial charge in [0.05, 0.1) is 24.4 Å². The van der Waals surface area contributed by atoms with Crippen molar-refractivity contribution in [2.75, 3.05) is 25.5 Å². The zero-order valence-corrected chi connectivity index (χ0v) is 15.5. The van der Waals surface area contributed by atoms with E-state index in [1.54, 1.807) is 13.2 Å². The Morgan fingerprint density at radius 3 is 2.92 bits per heavy atom. The van der Waals surface area contributed by atoms with Gasteiger partial charge in [0.2, 0.25) is 5.91 Å². The Bertz CT molecular complexity index is 909. The van der Waals surface area contributed by atoms with E-state index in [4.69, 9.17) is 16.3 Å². The number of hydrogen-bond acceptors (Lipinski definition) is 4. The third-order valence-electron chi connectivity index (χ3n) is 4.02. The van der Waals surface area contributed by atoms with E-state index >= 15 is 0 Å². The van der Waals surface area contributed by atoms with Crippen molar-refractivity contribution in [1.29, 1.82) is 0 Å². The summed E-state index contributed by atoms with van der Waals surface area (Å²) >= 11 is 6.01. The summed E-state index contributed by atoms with van der Waals surface area (Å²) in [5.41, 5.74) is 2.44. The molecule has 1 N–H and O–H groups in total. The lowest BCUT2D eigenvalue weighted by molar-refractivity contribution is -0.117. The molecule has 0 aliphatic rings. The third-order valence-corrected chi connectivity index (χ3v) is 4.24. The average molecular weight is 373 g/mol. The molecule has 0 unspecified atom stereocenters. The highest BCUT2D eigenvalue weighted by molar-refractivity contribution is 6.30. The van der Waals surface area contributed by atoms with Gasteiger partial charge in [0.15, 0.2) is 0 Å². The number of halogens is 1. The quantitative estimate of drug-likeness (QED) is 0.690. The number of anilines is 1. The first-order valence-corrected chi connectivity index (χ1v) is 8.74. The van der Waals surface area contributed by atoms with Crippen molar-refractivity contribution in [1.82, 2.24) is 14.3 Å². The van der Waals surface area contributed by atoms with E-state index in [0.29, 0.717) is 23.0 Å². The first kappa shape index (κ1) is 18.2. The molecule has 1 aromatic carbocycles. The second-order valence-corrected chi connectivity index (χ2v) is 6.36. The predicted molar refractivity (Wildman–Crippen MR) is 103 cm³/mol. The van der Waals surface area contributed by atoms with E-state index in [1.807, 2.05) is 58.9 Å². The number of hydrogen-bond donors (Lipinski definition) is 1. The Labute approximate surface area is 157 Å². The number of nitrogens with zero attached hydrogens (tertiary/aromatic N) is 3. The van der Waals surface area contributed by atoms with Crippen molar-refractivity contribution in [3.05, 3.63) is 59.5 Å². The van der Waals surface area contributed by atoms with Gasteiger partial charge in [0, 0.05) is 30.7 Å². The number of aromatic nitrogens is 2. The molecule has 0 aliphatic heterocycles. The third kappa shape index (κ3) is 4.53. The number of rotatable bonds is 7. The first-order valence-electron chi connectivity index (χ1n) is 8.36. The van der Waals surface area contributed by atoms with Crippen LogP contribution >= 0.6 is 11.6 Å². The van der Waals surface area contributed by atoms with Crippen LogP contribution in [0.5, 0.6) is 5.75 Å². The molecule has 0 atom stereocenters. The molecule has 0 aliphatic carbocycles. The second kappa shape index (κ2) is 8.21. The summed E-state index contributed by atoms with van der Waals surface area (Å²) in [5, 5.41) is 3.56. The number of carbonyl (C=O) groups excluding carboxylic acids is 1. The largest absolute Gasteiger partial charge is 0.497 e. The van der Waals surface area contributed by atoms with Crippen LogP contribution in [0.1, 0.15) is 12.6 Å². The summed E-state index contributed by atoms with van der Waals surface area (Å²) in [6, 6.07) is 11.0. The molecule has 2 heterocycles. The first-order chi connectivity index (χ1) is 12.6. The monoisotopic (exact) mass is 372 g/mol. The molecule has 0 saturated heterocycles. The lowest BCUT2D eigenvalue weighted by atomic mass is 10.3. The Hall–Kier alpha value is -2.57. The Balaban J connectivity index is 1.63. The van der Waals surface area contributed by atoms with Gasteiger partial charge in [0.25, 0.3) is 0 Å². The van der Waals surface area contributed by atoms with Crippen molar-refractivity contribution < 1.29 is 9.53 Å². The van der Waals surface area contributed by atoms with Gasteiger partial charge in [-0.2, -0.15) is 0 Å². The number of nitrogens with one attached hydrogen (secondary N) is 1. The molecule has 2 aromatic heterocycles. The Morgan fingerprint density at radius 1 is 1.31 bits per heavy atom. The normalized spacial score (nSPS) is 11.1. The predicted octanol–water partition coefficient (Wildman–Crippen LogP) is 3.46. The smallest absolute Gasteiger partial charge is 0.238 e. The standard InChI is InChI=1S/C19H21ClN4O2/c1-3-23(11-16-12-24-10-14(20)7-8-18(24)21-16)13-19(25)22-15-5-4-6-17(9-15)26-2/h4-10,12H,3,11,13H2,1-2H3,(H,22,25). The van der Waals surface area contributed by atoms with E-state index in [1.165, 1.54) is 0 Å². The molecule has 1 amide bonds. The molecular weight excluding hydrogens is 352 g/mol. The highest BCUT2D eigenvalue weighted by Gasteiger charge is 2.12. The van der Waals surface area contributed by atoms with Crippen LogP contribution in [0, 0.1) is 0 Å². The number of pyridine rings is 1. The van der Waals surface area contributed by atoms with Gasteiger partial charge in [-0.1, -0.05) is 24.6 Å². The van der Waals surface area contributed by atoms with Crippen LogP contribution in [0.15, 0.2) is 48.8 Å². The zero-order chi connectivity index (χ0) is 18.5.